The predicted molar refractivity (Wildman–Crippen MR) is 75.9 cm³/mol. The van der Waals surface area contributed by atoms with Gasteiger partial charge in [0.1, 0.15) is 0 Å². The molecule has 0 aromatic heterocycles. The first-order valence-corrected chi connectivity index (χ1v) is 7.91. The minimum atomic E-state index is -0.145. The molecule has 110 valence electrons. The van der Waals surface area contributed by atoms with Crippen molar-refractivity contribution in [3.8, 4) is 0 Å². The summed E-state index contributed by atoms with van der Waals surface area (Å²) in [5.41, 5.74) is 0. The van der Waals surface area contributed by atoms with Crippen molar-refractivity contribution in [2.45, 2.75) is 64.0 Å². The van der Waals surface area contributed by atoms with Crippen LogP contribution in [0.2, 0.25) is 0 Å². The molecule has 19 heavy (non-hydrogen) atoms. The number of unbranched alkanes of at least 4 members (excludes halogenated alkanes) is 1. The molecule has 2 N–H and O–H groups in total. The molecular formula is C15H28N2O2. The second-order valence-corrected chi connectivity index (χ2v) is 6.05. The monoisotopic (exact) mass is 268 g/mol. The smallest absolute Gasteiger partial charge is 0.234 e. The maximum Gasteiger partial charge on any atom is 0.234 e. The van der Waals surface area contributed by atoms with Crippen LogP contribution in [0.3, 0.4) is 0 Å². The van der Waals surface area contributed by atoms with Crippen molar-refractivity contribution in [3.05, 3.63) is 0 Å². The second-order valence-electron chi connectivity index (χ2n) is 6.05. The Bertz CT molecular complexity index is 296. The van der Waals surface area contributed by atoms with E-state index in [1.807, 2.05) is 0 Å². The van der Waals surface area contributed by atoms with E-state index in [-0.39, 0.29) is 12.0 Å². The van der Waals surface area contributed by atoms with Gasteiger partial charge in [-0.15, -0.1) is 0 Å². The summed E-state index contributed by atoms with van der Waals surface area (Å²) >= 11 is 0. The summed E-state index contributed by atoms with van der Waals surface area (Å²) in [5, 5.41) is 13.0. The van der Waals surface area contributed by atoms with Gasteiger partial charge in [0.25, 0.3) is 0 Å². The van der Waals surface area contributed by atoms with Crippen LogP contribution < -0.4 is 5.32 Å². The molecule has 0 aromatic rings. The van der Waals surface area contributed by atoms with Gasteiger partial charge in [0.2, 0.25) is 5.91 Å². The Morgan fingerprint density at radius 3 is 2.84 bits per heavy atom. The van der Waals surface area contributed by atoms with Crippen LogP contribution in [0.5, 0.6) is 0 Å². The van der Waals surface area contributed by atoms with E-state index in [4.69, 9.17) is 0 Å². The molecule has 3 unspecified atom stereocenters. The first kappa shape index (κ1) is 14.8. The standard InChI is InChI=1S/C15H28N2O2/c1-2-3-9-16-15(19)11-17-10-5-7-13(17)12-6-4-8-14(12)18/h12-14,18H,2-11H2,1H3,(H,16,19). The fraction of sp³-hybridized carbons (Fsp3) is 0.933. The topological polar surface area (TPSA) is 52.6 Å². The Hall–Kier alpha value is -0.610. The average Bonchev–Trinajstić information content (AvgIpc) is 2.98. The molecule has 2 fully saturated rings. The van der Waals surface area contributed by atoms with Gasteiger partial charge in [0.05, 0.1) is 12.6 Å². The van der Waals surface area contributed by atoms with Crippen LogP contribution in [0.15, 0.2) is 0 Å². The Kier molecular flexibility index (Phi) is 5.64. The zero-order valence-corrected chi connectivity index (χ0v) is 12.1. The maximum absolute atomic E-state index is 11.9. The molecule has 1 amide bonds. The lowest BCUT2D eigenvalue weighted by molar-refractivity contribution is -0.122. The van der Waals surface area contributed by atoms with Gasteiger partial charge < -0.3 is 10.4 Å². The van der Waals surface area contributed by atoms with Gasteiger partial charge in [-0.1, -0.05) is 19.8 Å². The molecule has 1 aliphatic carbocycles. The molecule has 4 heteroatoms. The lowest BCUT2D eigenvalue weighted by Crippen LogP contribution is -2.44. The van der Waals surface area contributed by atoms with E-state index in [0.29, 0.717) is 18.5 Å². The number of hydrogen-bond donors (Lipinski definition) is 2. The van der Waals surface area contributed by atoms with E-state index >= 15 is 0 Å². The van der Waals surface area contributed by atoms with E-state index in [1.165, 1.54) is 0 Å². The lowest BCUT2D eigenvalue weighted by atomic mass is 9.94. The molecule has 0 bridgehead atoms. The Morgan fingerprint density at radius 1 is 1.32 bits per heavy atom. The molecule has 0 spiro atoms. The SMILES string of the molecule is CCCCNC(=O)CN1CCCC1C1CCCC1O. The van der Waals surface area contributed by atoms with Crippen molar-refractivity contribution in [1.82, 2.24) is 10.2 Å². The molecule has 1 saturated carbocycles. The summed E-state index contributed by atoms with van der Waals surface area (Å²) in [6.07, 6.45) is 7.53. The molecule has 4 nitrogen and oxygen atoms in total. The molecule has 1 heterocycles. The van der Waals surface area contributed by atoms with Crippen LogP contribution in [-0.2, 0) is 4.79 Å². The second kappa shape index (κ2) is 7.25. The predicted octanol–water partition coefficient (Wildman–Crippen LogP) is 1.53. The number of carbonyl (C=O) groups is 1. The minimum absolute atomic E-state index is 0.145. The van der Waals surface area contributed by atoms with Gasteiger partial charge >= 0.3 is 0 Å². The first-order chi connectivity index (χ1) is 9.22. The molecule has 2 aliphatic rings. The quantitative estimate of drug-likeness (QED) is 0.718. The number of rotatable bonds is 6. The number of carbonyl (C=O) groups excluding carboxylic acids is 1. The van der Waals surface area contributed by atoms with Crippen molar-refractivity contribution in [2.75, 3.05) is 19.6 Å². The van der Waals surface area contributed by atoms with E-state index in [2.05, 4.69) is 17.1 Å². The fourth-order valence-corrected chi connectivity index (χ4v) is 3.60. The third kappa shape index (κ3) is 3.93. The van der Waals surface area contributed by atoms with Crippen molar-refractivity contribution in [2.24, 2.45) is 5.92 Å². The number of hydrogen-bond acceptors (Lipinski definition) is 3. The highest BCUT2D eigenvalue weighted by molar-refractivity contribution is 5.78. The first-order valence-electron chi connectivity index (χ1n) is 7.91. The summed E-state index contributed by atoms with van der Waals surface area (Å²) in [7, 11) is 0. The number of nitrogens with zero attached hydrogens (tertiary/aromatic N) is 1. The number of amides is 1. The van der Waals surface area contributed by atoms with Gasteiger partial charge in [-0.05, 0) is 38.6 Å². The third-order valence-electron chi connectivity index (χ3n) is 4.64. The van der Waals surface area contributed by atoms with Crippen LogP contribution in [0, 0.1) is 5.92 Å². The molecule has 3 atom stereocenters. The van der Waals surface area contributed by atoms with Crippen molar-refractivity contribution >= 4 is 5.91 Å². The number of likely N-dealkylation sites (tertiary alicyclic amines) is 1. The molecule has 1 aliphatic heterocycles. The Balaban J connectivity index is 1.80. The van der Waals surface area contributed by atoms with Crippen molar-refractivity contribution in [1.29, 1.82) is 0 Å². The zero-order chi connectivity index (χ0) is 13.7. The third-order valence-corrected chi connectivity index (χ3v) is 4.64. The Morgan fingerprint density at radius 2 is 2.16 bits per heavy atom. The van der Waals surface area contributed by atoms with E-state index in [9.17, 15) is 9.90 Å². The molecular weight excluding hydrogens is 240 g/mol. The minimum Gasteiger partial charge on any atom is -0.393 e. The van der Waals surface area contributed by atoms with Gasteiger partial charge in [0.15, 0.2) is 0 Å². The molecule has 2 rings (SSSR count). The fourth-order valence-electron chi connectivity index (χ4n) is 3.60. The zero-order valence-electron chi connectivity index (χ0n) is 12.1. The van der Waals surface area contributed by atoms with Crippen LogP contribution in [0.1, 0.15) is 51.9 Å². The van der Waals surface area contributed by atoms with Crippen LogP contribution in [0.25, 0.3) is 0 Å². The van der Waals surface area contributed by atoms with Gasteiger partial charge in [-0.25, -0.2) is 0 Å². The number of aliphatic hydroxyl groups excluding tert-OH is 1. The highest BCUT2D eigenvalue weighted by atomic mass is 16.3. The van der Waals surface area contributed by atoms with Crippen LogP contribution >= 0.6 is 0 Å². The Labute approximate surface area is 116 Å². The van der Waals surface area contributed by atoms with E-state index < -0.39 is 0 Å². The largest absolute Gasteiger partial charge is 0.393 e. The van der Waals surface area contributed by atoms with Crippen molar-refractivity contribution < 1.29 is 9.90 Å². The van der Waals surface area contributed by atoms with Gasteiger partial charge in [0, 0.05) is 18.5 Å². The highest BCUT2D eigenvalue weighted by Gasteiger charge is 2.38. The van der Waals surface area contributed by atoms with Crippen LogP contribution in [0.4, 0.5) is 0 Å². The molecule has 0 aromatic carbocycles. The number of nitrogens with one attached hydrogen (secondary N) is 1. The number of aliphatic hydroxyl groups is 1. The summed E-state index contributed by atoms with van der Waals surface area (Å²) in [6, 6.07) is 0.425. The average molecular weight is 268 g/mol. The summed E-state index contributed by atoms with van der Waals surface area (Å²) in [4.78, 5) is 14.2. The van der Waals surface area contributed by atoms with E-state index in [0.717, 1.165) is 58.0 Å². The molecule has 1 saturated heterocycles. The summed E-state index contributed by atoms with van der Waals surface area (Å²) in [6.45, 7) is 4.44. The van der Waals surface area contributed by atoms with E-state index in [1.54, 1.807) is 0 Å². The lowest BCUT2D eigenvalue weighted by Gasteiger charge is -2.30. The highest BCUT2D eigenvalue weighted by Crippen LogP contribution is 2.35. The van der Waals surface area contributed by atoms with Gasteiger partial charge in [-0.3, -0.25) is 9.69 Å². The molecule has 0 radical (unpaired) electrons. The van der Waals surface area contributed by atoms with Crippen LogP contribution in [-0.4, -0.2) is 47.7 Å². The van der Waals surface area contributed by atoms with Crippen molar-refractivity contribution in [3.63, 3.8) is 0 Å². The van der Waals surface area contributed by atoms with Gasteiger partial charge in [-0.2, -0.15) is 0 Å². The normalized spacial score (nSPS) is 31.8. The maximum atomic E-state index is 11.9. The summed E-state index contributed by atoms with van der Waals surface area (Å²) in [5.74, 6) is 0.541. The summed E-state index contributed by atoms with van der Waals surface area (Å²) < 4.78 is 0.